The average Bonchev–Trinajstić information content (AvgIpc) is 2.51. The molecule has 4 heteroatoms. The maximum atomic E-state index is 12.1. The third-order valence-corrected chi connectivity index (χ3v) is 3.30. The number of hydrogen-bond donors (Lipinski definition) is 0. The largest absolute Gasteiger partial charge is 0.465 e. The topological polar surface area (TPSA) is 52.6 Å². The minimum Gasteiger partial charge on any atom is -0.465 e. The Balaban J connectivity index is 2.17. The first-order valence-electron chi connectivity index (χ1n) is 6.95. The van der Waals surface area contributed by atoms with Crippen molar-refractivity contribution in [1.82, 2.24) is 0 Å². The van der Waals surface area contributed by atoms with Gasteiger partial charge in [-0.1, -0.05) is 42.0 Å². The molecule has 0 heterocycles. The molecule has 22 heavy (non-hydrogen) atoms. The van der Waals surface area contributed by atoms with Crippen LogP contribution < -0.4 is 4.74 Å². The Labute approximate surface area is 129 Å². The van der Waals surface area contributed by atoms with Gasteiger partial charge in [-0.05, 0) is 31.0 Å². The molecule has 0 atom stereocenters. The lowest BCUT2D eigenvalue weighted by atomic mass is 10.1. The SMILES string of the molecule is COC(=O)c1cccc(C)c1OC(=O)Cc1ccc(C)cc1. The van der Waals surface area contributed by atoms with Gasteiger partial charge in [0.2, 0.25) is 0 Å². The first-order chi connectivity index (χ1) is 10.5. The number of ether oxygens (including phenoxy) is 2. The Morgan fingerprint density at radius 2 is 1.68 bits per heavy atom. The molecule has 0 spiro atoms. The van der Waals surface area contributed by atoms with Crippen LogP contribution in [0.5, 0.6) is 5.75 Å². The molecule has 0 aromatic heterocycles. The maximum Gasteiger partial charge on any atom is 0.341 e. The van der Waals surface area contributed by atoms with Gasteiger partial charge in [0, 0.05) is 0 Å². The summed E-state index contributed by atoms with van der Waals surface area (Å²) in [5.41, 5.74) is 2.95. The predicted molar refractivity (Wildman–Crippen MR) is 83.0 cm³/mol. The summed E-state index contributed by atoms with van der Waals surface area (Å²) in [6.45, 7) is 3.76. The second kappa shape index (κ2) is 6.89. The Bertz CT molecular complexity index is 687. The number of rotatable bonds is 4. The molecule has 2 aromatic carbocycles. The second-order valence-corrected chi connectivity index (χ2v) is 5.08. The number of aryl methyl sites for hydroxylation is 2. The van der Waals surface area contributed by atoms with Gasteiger partial charge in [0.05, 0.1) is 13.5 Å². The van der Waals surface area contributed by atoms with E-state index in [0.29, 0.717) is 5.56 Å². The summed E-state index contributed by atoms with van der Waals surface area (Å²) in [6.07, 6.45) is 0.148. The first kappa shape index (κ1) is 15.8. The van der Waals surface area contributed by atoms with Crippen LogP contribution in [0, 0.1) is 13.8 Å². The highest BCUT2D eigenvalue weighted by atomic mass is 16.5. The molecule has 2 aromatic rings. The lowest BCUT2D eigenvalue weighted by Gasteiger charge is -2.11. The molecule has 114 valence electrons. The van der Waals surface area contributed by atoms with Crippen molar-refractivity contribution in [2.45, 2.75) is 20.3 Å². The van der Waals surface area contributed by atoms with E-state index in [1.54, 1.807) is 25.1 Å². The number of carbonyl (C=O) groups is 2. The third kappa shape index (κ3) is 3.73. The summed E-state index contributed by atoms with van der Waals surface area (Å²) >= 11 is 0. The standard InChI is InChI=1S/C18H18O4/c1-12-7-9-14(10-8-12)11-16(19)22-17-13(2)5-4-6-15(17)18(20)21-3/h4-10H,11H2,1-3H3. The lowest BCUT2D eigenvalue weighted by molar-refractivity contribution is -0.133. The summed E-state index contributed by atoms with van der Waals surface area (Å²) in [5, 5.41) is 0. The molecule has 0 fully saturated rings. The second-order valence-electron chi connectivity index (χ2n) is 5.08. The molecule has 0 N–H and O–H groups in total. The zero-order valence-electron chi connectivity index (χ0n) is 12.9. The molecule has 0 saturated heterocycles. The number of benzene rings is 2. The molecule has 0 unspecified atom stereocenters. The molecule has 0 bridgehead atoms. The van der Waals surface area contributed by atoms with Crippen molar-refractivity contribution in [2.75, 3.05) is 7.11 Å². The van der Waals surface area contributed by atoms with E-state index in [4.69, 9.17) is 9.47 Å². The monoisotopic (exact) mass is 298 g/mol. The highest BCUT2D eigenvalue weighted by molar-refractivity contribution is 5.94. The van der Waals surface area contributed by atoms with E-state index >= 15 is 0 Å². The van der Waals surface area contributed by atoms with Gasteiger partial charge in [0.15, 0.2) is 0 Å². The summed E-state index contributed by atoms with van der Waals surface area (Å²) < 4.78 is 10.1. The first-order valence-corrected chi connectivity index (χ1v) is 6.95. The molecule has 0 aliphatic carbocycles. The van der Waals surface area contributed by atoms with Crippen LogP contribution in [0.15, 0.2) is 42.5 Å². The van der Waals surface area contributed by atoms with E-state index in [1.165, 1.54) is 7.11 Å². The Hall–Kier alpha value is -2.62. The van der Waals surface area contributed by atoms with E-state index in [0.717, 1.165) is 11.1 Å². The summed E-state index contributed by atoms with van der Waals surface area (Å²) in [6, 6.07) is 12.7. The van der Waals surface area contributed by atoms with Gasteiger partial charge in [-0.25, -0.2) is 4.79 Å². The van der Waals surface area contributed by atoms with Crippen molar-refractivity contribution in [2.24, 2.45) is 0 Å². The molecule has 0 radical (unpaired) electrons. The molecular weight excluding hydrogens is 280 g/mol. The zero-order valence-corrected chi connectivity index (χ0v) is 12.9. The maximum absolute atomic E-state index is 12.1. The fourth-order valence-electron chi connectivity index (χ4n) is 2.08. The normalized spacial score (nSPS) is 10.1. The molecular formula is C18H18O4. The van der Waals surface area contributed by atoms with Crippen LogP contribution in [0.4, 0.5) is 0 Å². The van der Waals surface area contributed by atoms with Crippen LogP contribution in [-0.4, -0.2) is 19.0 Å². The van der Waals surface area contributed by atoms with Crippen LogP contribution in [0.2, 0.25) is 0 Å². The number of methoxy groups -OCH3 is 1. The molecule has 0 saturated carbocycles. The van der Waals surface area contributed by atoms with Crippen LogP contribution in [-0.2, 0) is 16.0 Å². The Morgan fingerprint density at radius 3 is 2.32 bits per heavy atom. The van der Waals surface area contributed by atoms with E-state index in [2.05, 4.69) is 0 Å². The zero-order chi connectivity index (χ0) is 16.1. The lowest BCUT2D eigenvalue weighted by Crippen LogP contribution is -2.15. The van der Waals surface area contributed by atoms with Crippen molar-refractivity contribution >= 4 is 11.9 Å². The van der Waals surface area contributed by atoms with Crippen LogP contribution in [0.1, 0.15) is 27.0 Å². The van der Waals surface area contributed by atoms with Gasteiger partial charge in [-0.2, -0.15) is 0 Å². The van der Waals surface area contributed by atoms with Gasteiger partial charge >= 0.3 is 11.9 Å². The smallest absolute Gasteiger partial charge is 0.341 e. The van der Waals surface area contributed by atoms with Gasteiger partial charge in [-0.3, -0.25) is 4.79 Å². The van der Waals surface area contributed by atoms with Crippen molar-refractivity contribution in [3.63, 3.8) is 0 Å². The summed E-state index contributed by atoms with van der Waals surface area (Å²) in [7, 11) is 1.29. The van der Waals surface area contributed by atoms with E-state index in [-0.39, 0.29) is 17.7 Å². The molecule has 0 aliphatic heterocycles. The van der Waals surface area contributed by atoms with Gasteiger partial charge < -0.3 is 9.47 Å². The van der Waals surface area contributed by atoms with Crippen LogP contribution in [0.25, 0.3) is 0 Å². The van der Waals surface area contributed by atoms with Crippen molar-refractivity contribution < 1.29 is 19.1 Å². The van der Waals surface area contributed by atoms with Crippen molar-refractivity contribution in [1.29, 1.82) is 0 Å². The minimum atomic E-state index is -0.526. The van der Waals surface area contributed by atoms with E-state index in [1.807, 2.05) is 31.2 Å². The number of esters is 2. The van der Waals surface area contributed by atoms with Crippen molar-refractivity contribution in [3.8, 4) is 5.75 Å². The quantitative estimate of drug-likeness (QED) is 0.642. The van der Waals surface area contributed by atoms with Gasteiger partial charge in [0.25, 0.3) is 0 Å². The minimum absolute atomic E-state index is 0.148. The molecule has 2 rings (SSSR count). The fraction of sp³-hybridized carbons (Fsp3) is 0.222. The Kier molecular flexibility index (Phi) is 4.94. The van der Waals surface area contributed by atoms with E-state index in [9.17, 15) is 9.59 Å². The summed E-state index contributed by atoms with van der Waals surface area (Å²) in [4.78, 5) is 23.9. The van der Waals surface area contributed by atoms with Gasteiger partial charge in [0.1, 0.15) is 11.3 Å². The summed E-state index contributed by atoms with van der Waals surface area (Å²) in [5.74, 6) is -0.684. The van der Waals surface area contributed by atoms with Crippen LogP contribution >= 0.6 is 0 Å². The third-order valence-electron chi connectivity index (χ3n) is 3.30. The number of hydrogen-bond acceptors (Lipinski definition) is 4. The number of carbonyl (C=O) groups excluding carboxylic acids is 2. The molecule has 0 aliphatic rings. The number of para-hydroxylation sites is 1. The highest BCUT2D eigenvalue weighted by Gasteiger charge is 2.18. The van der Waals surface area contributed by atoms with E-state index < -0.39 is 11.9 Å². The van der Waals surface area contributed by atoms with Gasteiger partial charge in [-0.15, -0.1) is 0 Å². The van der Waals surface area contributed by atoms with Crippen molar-refractivity contribution in [3.05, 3.63) is 64.7 Å². The molecule has 4 nitrogen and oxygen atoms in total. The molecule has 0 amide bonds. The fourth-order valence-corrected chi connectivity index (χ4v) is 2.08. The Morgan fingerprint density at radius 1 is 1.00 bits per heavy atom. The average molecular weight is 298 g/mol. The van der Waals surface area contributed by atoms with Crippen LogP contribution in [0.3, 0.4) is 0 Å². The predicted octanol–water partition coefficient (Wildman–Crippen LogP) is 3.24. The highest BCUT2D eigenvalue weighted by Crippen LogP contribution is 2.24.